The number of hydrogen-bond acceptors (Lipinski definition) is 1. The third-order valence-electron chi connectivity index (χ3n) is 4.75. The highest BCUT2D eigenvalue weighted by Gasteiger charge is 2.31. The van der Waals surface area contributed by atoms with Crippen molar-refractivity contribution in [1.82, 2.24) is 0 Å². The number of rotatable bonds is 15. The molecule has 0 aliphatic rings. The van der Waals surface area contributed by atoms with Crippen molar-refractivity contribution >= 4 is 5.78 Å². The summed E-state index contributed by atoms with van der Waals surface area (Å²) in [6.07, 6.45) is 15.6. The molecule has 0 aliphatic carbocycles. The number of carbonyl (C=O) groups excluding carboxylic acids is 1. The van der Waals surface area contributed by atoms with Crippen LogP contribution in [-0.2, 0) is 4.79 Å². The van der Waals surface area contributed by atoms with Gasteiger partial charge in [0.2, 0.25) is 5.78 Å². The van der Waals surface area contributed by atoms with E-state index in [0.29, 0.717) is 0 Å². The quantitative estimate of drug-likeness (QED) is 0.221. The first-order chi connectivity index (χ1) is 10.5. The van der Waals surface area contributed by atoms with Gasteiger partial charge in [0.05, 0.1) is 20.6 Å². The van der Waals surface area contributed by atoms with Crippen LogP contribution < -0.4 is 0 Å². The van der Waals surface area contributed by atoms with E-state index < -0.39 is 0 Å². The van der Waals surface area contributed by atoms with Gasteiger partial charge in [-0.2, -0.15) is 0 Å². The molecule has 0 aromatic rings. The number of nitrogens with zero attached hydrogens (tertiary/aromatic N) is 1. The molecule has 2 nitrogen and oxygen atoms in total. The van der Waals surface area contributed by atoms with E-state index >= 15 is 0 Å². The van der Waals surface area contributed by atoms with E-state index in [1.54, 1.807) is 0 Å². The number of hydrogen-bond donors (Lipinski definition) is 0. The fourth-order valence-electron chi connectivity index (χ4n) is 3.35. The summed E-state index contributed by atoms with van der Waals surface area (Å²) in [7, 11) is 4.37. The molecule has 22 heavy (non-hydrogen) atoms. The molecule has 0 radical (unpaired) electrons. The molecule has 0 aliphatic heterocycles. The van der Waals surface area contributed by atoms with Crippen molar-refractivity contribution in [2.24, 2.45) is 0 Å². The second-order valence-corrected chi connectivity index (χ2v) is 7.24. The monoisotopic (exact) mass is 310 g/mol. The van der Waals surface area contributed by atoms with E-state index in [1.165, 1.54) is 63.9 Å². The molecular formula is C20H40NO+. The van der Waals surface area contributed by atoms with Gasteiger partial charge in [-0.3, -0.25) is 4.79 Å². The lowest BCUT2D eigenvalue weighted by molar-refractivity contribution is -0.906. The first-order valence-electron chi connectivity index (χ1n) is 9.48. The first kappa shape index (κ1) is 21.4. The van der Waals surface area contributed by atoms with Gasteiger partial charge in [0.1, 0.15) is 0 Å². The van der Waals surface area contributed by atoms with E-state index in [4.69, 9.17) is 0 Å². The summed E-state index contributed by atoms with van der Waals surface area (Å²) in [6, 6.07) is 0.0991. The van der Waals surface area contributed by atoms with Gasteiger partial charge in [-0.1, -0.05) is 71.8 Å². The molecule has 0 N–H and O–H groups in total. The average Bonchev–Trinajstić information content (AvgIpc) is 2.48. The zero-order valence-corrected chi connectivity index (χ0v) is 15.7. The third-order valence-corrected chi connectivity index (χ3v) is 4.75. The Balaban J connectivity index is 3.95. The van der Waals surface area contributed by atoms with Crippen LogP contribution in [0, 0.1) is 0 Å². The maximum Gasteiger partial charge on any atom is 0.212 e. The molecule has 0 fully saturated rings. The van der Waals surface area contributed by atoms with Crippen molar-refractivity contribution in [2.45, 2.75) is 90.5 Å². The van der Waals surface area contributed by atoms with Crippen LogP contribution in [0.3, 0.4) is 0 Å². The van der Waals surface area contributed by atoms with E-state index in [0.717, 1.165) is 23.9 Å². The average molecular weight is 311 g/mol. The Morgan fingerprint density at radius 1 is 0.909 bits per heavy atom. The minimum absolute atomic E-state index is 0.0991. The number of quaternary nitrogens is 1. The second-order valence-electron chi connectivity index (χ2n) is 7.24. The zero-order valence-electron chi connectivity index (χ0n) is 15.7. The number of ketones is 1. The lowest BCUT2D eigenvalue weighted by Crippen LogP contribution is -2.52. The van der Waals surface area contributed by atoms with Crippen LogP contribution in [0.2, 0.25) is 0 Å². The van der Waals surface area contributed by atoms with Crippen molar-refractivity contribution in [3.05, 3.63) is 12.7 Å². The number of likely N-dealkylation sites (N-methyl/N-ethyl adjacent to an activating group) is 1. The van der Waals surface area contributed by atoms with Gasteiger partial charge in [0.15, 0.2) is 6.04 Å². The van der Waals surface area contributed by atoms with E-state index in [-0.39, 0.29) is 11.8 Å². The summed E-state index contributed by atoms with van der Waals surface area (Å²) in [5.74, 6) is 0.220. The number of unbranched alkanes of at least 4 members (excludes halogenated alkanes) is 8. The molecule has 0 aromatic carbocycles. The Hall–Kier alpha value is -0.630. The summed E-state index contributed by atoms with van der Waals surface area (Å²) >= 11 is 0. The summed E-state index contributed by atoms with van der Waals surface area (Å²) in [6.45, 7) is 9.20. The molecule has 0 rings (SSSR count). The third kappa shape index (κ3) is 9.40. The lowest BCUT2D eigenvalue weighted by atomic mass is 9.99. The van der Waals surface area contributed by atoms with E-state index in [9.17, 15) is 4.79 Å². The molecule has 130 valence electrons. The normalized spacial score (nSPS) is 13.1. The fraction of sp³-hybridized carbons (Fsp3) is 0.850. The van der Waals surface area contributed by atoms with Gasteiger partial charge in [-0.25, -0.2) is 0 Å². The molecular weight excluding hydrogens is 270 g/mol. The Bertz CT molecular complexity index is 296. The molecule has 0 saturated heterocycles. The number of carbonyl (C=O) groups is 1. The Kier molecular flexibility index (Phi) is 12.5. The predicted molar refractivity (Wildman–Crippen MR) is 98.1 cm³/mol. The minimum Gasteiger partial charge on any atom is -0.320 e. The van der Waals surface area contributed by atoms with Crippen molar-refractivity contribution in [2.75, 3.05) is 20.6 Å². The fourth-order valence-corrected chi connectivity index (χ4v) is 3.35. The smallest absolute Gasteiger partial charge is 0.212 e. The minimum atomic E-state index is 0.0991. The SMILES string of the molecule is C=CC(=O)C(CCCCCCCCCCC)[N+](C)(C)CCC. The highest BCUT2D eigenvalue weighted by Crippen LogP contribution is 2.18. The van der Waals surface area contributed by atoms with Gasteiger partial charge in [-0.05, 0) is 18.9 Å². The standard InChI is InChI=1S/C20H40NO/c1-6-9-10-11-12-13-14-15-16-17-19(20(22)8-3)21(4,5)18-7-2/h8,19H,3,6-7,9-18H2,1-2,4-5H3/q+1. The van der Waals surface area contributed by atoms with Gasteiger partial charge in [0, 0.05) is 6.42 Å². The molecule has 2 heteroatoms. The Morgan fingerprint density at radius 2 is 1.41 bits per heavy atom. The van der Waals surface area contributed by atoms with Crippen molar-refractivity contribution in [1.29, 1.82) is 0 Å². The van der Waals surface area contributed by atoms with Gasteiger partial charge < -0.3 is 4.48 Å². The molecule has 0 spiro atoms. The summed E-state index contributed by atoms with van der Waals surface area (Å²) in [5.41, 5.74) is 0. The Labute approximate surface area is 139 Å². The van der Waals surface area contributed by atoms with E-state index in [1.807, 2.05) is 0 Å². The van der Waals surface area contributed by atoms with Crippen LogP contribution in [0.25, 0.3) is 0 Å². The van der Waals surface area contributed by atoms with Gasteiger partial charge >= 0.3 is 0 Å². The topological polar surface area (TPSA) is 17.1 Å². The summed E-state index contributed by atoms with van der Waals surface area (Å²) < 4.78 is 0.804. The summed E-state index contributed by atoms with van der Waals surface area (Å²) in [5, 5.41) is 0. The van der Waals surface area contributed by atoms with E-state index in [2.05, 4.69) is 34.5 Å². The predicted octanol–water partition coefficient (Wildman–Crippen LogP) is 5.52. The highest BCUT2D eigenvalue weighted by atomic mass is 16.1. The summed E-state index contributed by atoms with van der Waals surface area (Å²) in [4.78, 5) is 12.2. The highest BCUT2D eigenvalue weighted by molar-refractivity contribution is 5.92. The maximum absolute atomic E-state index is 12.2. The van der Waals surface area contributed by atoms with Crippen LogP contribution in [0.1, 0.15) is 84.5 Å². The van der Waals surface area contributed by atoms with Gasteiger partial charge in [-0.15, -0.1) is 0 Å². The van der Waals surface area contributed by atoms with Crippen molar-refractivity contribution < 1.29 is 9.28 Å². The largest absolute Gasteiger partial charge is 0.320 e. The molecule has 0 amide bonds. The van der Waals surface area contributed by atoms with Crippen LogP contribution in [0.15, 0.2) is 12.7 Å². The van der Waals surface area contributed by atoms with Crippen molar-refractivity contribution in [3.63, 3.8) is 0 Å². The van der Waals surface area contributed by atoms with Crippen LogP contribution >= 0.6 is 0 Å². The maximum atomic E-state index is 12.2. The Morgan fingerprint density at radius 3 is 1.86 bits per heavy atom. The van der Waals surface area contributed by atoms with Gasteiger partial charge in [0.25, 0.3) is 0 Å². The zero-order chi connectivity index (χ0) is 16.8. The van der Waals surface area contributed by atoms with Crippen LogP contribution in [-0.4, -0.2) is 36.9 Å². The van der Waals surface area contributed by atoms with Crippen molar-refractivity contribution in [3.8, 4) is 0 Å². The van der Waals surface area contributed by atoms with Crippen LogP contribution in [0.4, 0.5) is 0 Å². The first-order valence-corrected chi connectivity index (χ1v) is 9.48. The molecule has 0 saturated carbocycles. The lowest BCUT2D eigenvalue weighted by Gasteiger charge is -2.36. The second kappa shape index (κ2) is 12.9. The molecule has 0 aromatic heterocycles. The molecule has 1 unspecified atom stereocenters. The molecule has 1 atom stereocenters. The van der Waals surface area contributed by atoms with Crippen LogP contribution in [0.5, 0.6) is 0 Å². The molecule has 0 bridgehead atoms. The molecule has 0 heterocycles.